The third-order valence-corrected chi connectivity index (χ3v) is 3.39. The average Bonchev–Trinajstić information content (AvgIpc) is 2.34. The molecular weight excluding hydrogens is 319 g/mol. The van der Waals surface area contributed by atoms with Crippen LogP contribution in [0.2, 0.25) is 0 Å². The molecule has 0 aliphatic heterocycles. The lowest BCUT2D eigenvalue weighted by atomic mass is 10.1. The molecular formula is C14H11BrF3N. The summed E-state index contributed by atoms with van der Waals surface area (Å²) in [6.07, 6.45) is 0. The Labute approximate surface area is 117 Å². The van der Waals surface area contributed by atoms with E-state index in [9.17, 15) is 13.2 Å². The third-order valence-electron chi connectivity index (χ3n) is 2.78. The first kappa shape index (κ1) is 13.9. The first-order chi connectivity index (χ1) is 8.97. The Morgan fingerprint density at radius 2 is 1.79 bits per heavy atom. The molecule has 2 aromatic carbocycles. The Morgan fingerprint density at radius 3 is 2.47 bits per heavy atom. The van der Waals surface area contributed by atoms with Crippen molar-refractivity contribution in [2.45, 2.75) is 13.5 Å². The van der Waals surface area contributed by atoms with Gasteiger partial charge in [-0.1, -0.05) is 6.07 Å². The molecule has 0 radical (unpaired) electrons. The van der Waals surface area contributed by atoms with Crippen molar-refractivity contribution in [1.29, 1.82) is 0 Å². The van der Waals surface area contributed by atoms with E-state index < -0.39 is 11.6 Å². The molecule has 19 heavy (non-hydrogen) atoms. The van der Waals surface area contributed by atoms with Crippen molar-refractivity contribution >= 4 is 21.6 Å². The lowest BCUT2D eigenvalue weighted by Crippen LogP contribution is -2.04. The quantitative estimate of drug-likeness (QED) is 0.798. The van der Waals surface area contributed by atoms with Crippen LogP contribution in [0.4, 0.5) is 18.9 Å². The normalized spacial score (nSPS) is 10.6. The van der Waals surface area contributed by atoms with Crippen LogP contribution in [0.5, 0.6) is 0 Å². The minimum Gasteiger partial charge on any atom is -0.379 e. The second-order valence-electron chi connectivity index (χ2n) is 4.17. The van der Waals surface area contributed by atoms with Gasteiger partial charge in [-0.15, -0.1) is 0 Å². The first-order valence-corrected chi connectivity index (χ1v) is 6.40. The molecule has 0 spiro atoms. The zero-order valence-electron chi connectivity index (χ0n) is 10.1. The SMILES string of the molecule is Cc1cc(F)ccc1CNc1cc(F)c(Br)cc1F. The summed E-state index contributed by atoms with van der Waals surface area (Å²) in [7, 11) is 0. The number of hydrogen-bond acceptors (Lipinski definition) is 1. The Kier molecular flexibility index (Phi) is 4.14. The summed E-state index contributed by atoms with van der Waals surface area (Å²) >= 11 is 2.91. The zero-order valence-corrected chi connectivity index (χ0v) is 11.7. The maximum absolute atomic E-state index is 13.6. The van der Waals surface area contributed by atoms with Gasteiger partial charge in [0.2, 0.25) is 0 Å². The van der Waals surface area contributed by atoms with Crippen LogP contribution >= 0.6 is 15.9 Å². The first-order valence-electron chi connectivity index (χ1n) is 5.61. The van der Waals surface area contributed by atoms with E-state index in [-0.39, 0.29) is 16.0 Å². The van der Waals surface area contributed by atoms with Crippen LogP contribution in [0.1, 0.15) is 11.1 Å². The summed E-state index contributed by atoms with van der Waals surface area (Å²) in [5, 5.41) is 2.80. The molecule has 0 aromatic heterocycles. The molecule has 0 fully saturated rings. The van der Waals surface area contributed by atoms with Crippen LogP contribution in [0.3, 0.4) is 0 Å². The molecule has 0 unspecified atom stereocenters. The van der Waals surface area contributed by atoms with Crippen molar-refractivity contribution in [2.75, 3.05) is 5.32 Å². The second-order valence-corrected chi connectivity index (χ2v) is 5.02. The number of halogens is 4. The number of nitrogens with one attached hydrogen (secondary N) is 1. The molecule has 1 nitrogen and oxygen atoms in total. The van der Waals surface area contributed by atoms with E-state index in [2.05, 4.69) is 21.2 Å². The topological polar surface area (TPSA) is 12.0 Å². The Bertz CT molecular complexity index is 614. The summed E-state index contributed by atoms with van der Waals surface area (Å²) in [5.74, 6) is -1.41. The number of anilines is 1. The predicted octanol–water partition coefficient (Wildman–Crippen LogP) is 4.79. The maximum Gasteiger partial charge on any atom is 0.147 e. The van der Waals surface area contributed by atoms with Crippen molar-refractivity contribution in [1.82, 2.24) is 0 Å². The Morgan fingerprint density at radius 1 is 1.05 bits per heavy atom. The van der Waals surface area contributed by atoms with Gasteiger partial charge in [-0.2, -0.15) is 0 Å². The fourth-order valence-corrected chi connectivity index (χ4v) is 2.02. The molecule has 100 valence electrons. The monoisotopic (exact) mass is 329 g/mol. The summed E-state index contributed by atoms with van der Waals surface area (Å²) < 4.78 is 39.9. The van der Waals surface area contributed by atoms with Gasteiger partial charge in [-0.3, -0.25) is 0 Å². The second kappa shape index (κ2) is 5.65. The number of benzene rings is 2. The van der Waals surface area contributed by atoms with Crippen LogP contribution in [-0.4, -0.2) is 0 Å². The summed E-state index contributed by atoms with van der Waals surface area (Å²) in [6, 6.07) is 6.50. The number of aryl methyl sites for hydroxylation is 1. The van der Waals surface area contributed by atoms with E-state index in [0.29, 0.717) is 6.54 Å². The number of hydrogen-bond donors (Lipinski definition) is 1. The van der Waals surface area contributed by atoms with E-state index >= 15 is 0 Å². The molecule has 2 aromatic rings. The fraction of sp³-hybridized carbons (Fsp3) is 0.143. The van der Waals surface area contributed by atoms with Gasteiger partial charge < -0.3 is 5.32 Å². The van der Waals surface area contributed by atoms with Crippen molar-refractivity contribution in [3.05, 3.63) is 63.4 Å². The van der Waals surface area contributed by atoms with Crippen molar-refractivity contribution in [3.63, 3.8) is 0 Å². The molecule has 0 bridgehead atoms. The third kappa shape index (κ3) is 3.29. The highest BCUT2D eigenvalue weighted by Crippen LogP contribution is 2.24. The highest BCUT2D eigenvalue weighted by molar-refractivity contribution is 9.10. The van der Waals surface area contributed by atoms with Crippen LogP contribution in [0, 0.1) is 24.4 Å². The van der Waals surface area contributed by atoms with Gasteiger partial charge >= 0.3 is 0 Å². The van der Waals surface area contributed by atoms with Gasteiger partial charge in [0.15, 0.2) is 0 Å². The minimum absolute atomic E-state index is 0.0735. The summed E-state index contributed by atoms with van der Waals surface area (Å²) in [4.78, 5) is 0. The molecule has 2 rings (SSSR count). The highest BCUT2D eigenvalue weighted by atomic mass is 79.9. The summed E-state index contributed by atoms with van der Waals surface area (Å²) in [5.41, 5.74) is 1.65. The van der Waals surface area contributed by atoms with Gasteiger partial charge in [0.1, 0.15) is 17.5 Å². The Balaban J connectivity index is 2.16. The zero-order chi connectivity index (χ0) is 14.0. The highest BCUT2D eigenvalue weighted by Gasteiger charge is 2.08. The average molecular weight is 330 g/mol. The largest absolute Gasteiger partial charge is 0.379 e. The van der Waals surface area contributed by atoms with E-state index in [4.69, 9.17) is 0 Å². The molecule has 0 amide bonds. The molecule has 0 aliphatic rings. The van der Waals surface area contributed by atoms with Crippen LogP contribution in [0.15, 0.2) is 34.8 Å². The molecule has 0 atom stereocenters. The van der Waals surface area contributed by atoms with Crippen LogP contribution < -0.4 is 5.32 Å². The smallest absolute Gasteiger partial charge is 0.147 e. The van der Waals surface area contributed by atoms with Crippen molar-refractivity contribution < 1.29 is 13.2 Å². The maximum atomic E-state index is 13.6. The van der Waals surface area contributed by atoms with Crippen molar-refractivity contribution in [2.24, 2.45) is 0 Å². The molecule has 0 saturated carbocycles. The predicted molar refractivity (Wildman–Crippen MR) is 72.5 cm³/mol. The molecule has 0 saturated heterocycles. The molecule has 1 N–H and O–H groups in total. The van der Waals surface area contributed by atoms with Gasteiger partial charge in [0.25, 0.3) is 0 Å². The lowest BCUT2D eigenvalue weighted by molar-refractivity contribution is 0.596. The van der Waals surface area contributed by atoms with Gasteiger partial charge in [-0.25, -0.2) is 13.2 Å². The van der Waals surface area contributed by atoms with E-state index in [0.717, 1.165) is 23.3 Å². The standard InChI is InChI=1S/C14H11BrF3N/c1-8-4-10(16)3-2-9(8)7-19-14-6-12(17)11(15)5-13(14)18/h2-6,19H,7H2,1H3. The van der Waals surface area contributed by atoms with Gasteiger partial charge in [0, 0.05) is 12.6 Å². The molecule has 0 heterocycles. The van der Waals surface area contributed by atoms with Crippen LogP contribution in [-0.2, 0) is 6.54 Å². The van der Waals surface area contributed by atoms with E-state index in [1.807, 2.05) is 0 Å². The van der Waals surface area contributed by atoms with E-state index in [1.54, 1.807) is 13.0 Å². The van der Waals surface area contributed by atoms with Crippen LogP contribution in [0.25, 0.3) is 0 Å². The Hall–Kier alpha value is -1.49. The van der Waals surface area contributed by atoms with Gasteiger partial charge in [0.05, 0.1) is 10.2 Å². The molecule has 5 heteroatoms. The number of rotatable bonds is 3. The fourth-order valence-electron chi connectivity index (χ4n) is 1.71. The summed E-state index contributed by atoms with van der Waals surface area (Å²) in [6.45, 7) is 2.06. The van der Waals surface area contributed by atoms with Crippen molar-refractivity contribution in [3.8, 4) is 0 Å². The van der Waals surface area contributed by atoms with Gasteiger partial charge in [-0.05, 0) is 52.2 Å². The lowest BCUT2D eigenvalue weighted by Gasteiger charge is -2.10. The minimum atomic E-state index is -0.548. The molecule has 0 aliphatic carbocycles. The van der Waals surface area contributed by atoms with E-state index in [1.165, 1.54) is 12.1 Å².